The Morgan fingerprint density at radius 1 is 1.17 bits per heavy atom. The Morgan fingerprint density at radius 3 is 2.57 bits per heavy atom. The topological polar surface area (TPSA) is 81.7 Å². The number of anilines is 1. The molecule has 1 aromatic rings. The molecular formula is C22H26BrNO5S. The third-order valence-electron chi connectivity index (χ3n) is 7.32. The van der Waals surface area contributed by atoms with Crippen LogP contribution in [0.3, 0.4) is 0 Å². The van der Waals surface area contributed by atoms with E-state index in [0.29, 0.717) is 22.4 Å². The van der Waals surface area contributed by atoms with E-state index in [2.05, 4.69) is 21.2 Å². The number of hydrogen-bond donors (Lipinski definition) is 1. The molecule has 30 heavy (non-hydrogen) atoms. The van der Waals surface area contributed by atoms with E-state index in [1.165, 1.54) is 24.9 Å². The molecule has 8 heteroatoms. The predicted octanol–water partition coefficient (Wildman–Crippen LogP) is 4.24. The Morgan fingerprint density at radius 2 is 1.90 bits per heavy atom. The average molecular weight is 496 g/mol. The fraction of sp³-hybridized carbons (Fsp3) is 0.682. The first-order valence-corrected chi connectivity index (χ1v) is 12.3. The van der Waals surface area contributed by atoms with Crippen molar-refractivity contribution in [2.75, 3.05) is 19.0 Å². The van der Waals surface area contributed by atoms with Crippen LogP contribution in [0.4, 0.5) is 5.00 Å². The fourth-order valence-corrected chi connectivity index (χ4v) is 9.39. The summed E-state index contributed by atoms with van der Waals surface area (Å²) in [7, 11) is 1.34. The van der Waals surface area contributed by atoms with Gasteiger partial charge in [-0.15, -0.1) is 11.3 Å². The molecule has 162 valence electrons. The smallest absolute Gasteiger partial charge is 0.341 e. The normalized spacial score (nSPS) is 33.3. The lowest BCUT2D eigenvalue weighted by Gasteiger charge is -2.58. The zero-order valence-corrected chi connectivity index (χ0v) is 19.5. The van der Waals surface area contributed by atoms with Crippen LogP contribution in [0.1, 0.15) is 65.7 Å². The van der Waals surface area contributed by atoms with Crippen LogP contribution in [0, 0.1) is 17.3 Å². The number of hydrogen-bond acceptors (Lipinski definition) is 6. The molecule has 6 rings (SSSR count). The largest absolute Gasteiger partial charge is 0.465 e. The molecule has 1 heterocycles. The number of aryl methyl sites for hydroxylation is 1. The van der Waals surface area contributed by atoms with Gasteiger partial charge in [-0.1, -0.05) is 15.9 Å². The molecule has 2 unspecified atom stereocenters. The Hall–Kier alpha value is -1.41. The molecule has 5 aliphatic rings. The summed E-state index contributed by atoms with van der Waals surface area (Å²) < 4.78 is 10.5. The van der Waals surface area contributed by atoms with Gasteiger partial charge in [0, 0.05) is 9.20 Å². The highest BCUT2D eigenvalue weighted by atomic mass is 79.9. The lowest BCUT2D eigenvalue weighted by atomic mass is 9.49. The molecule has 1 aromatic heterocycles. The van der Waals surface area contributed by atoms with E-state index in [-0.39, 0.29) is 16.9 Å². The maximum atomic E-state index is 13.0. The third-order valence-corrected chi connectivity index (χ3v) is 9.46. The van der Waals surface area contributed by atoms with E-state index < -0.39 is 17.3 Å². The van der Waals surface area contributed by atoms with Crippen molar-refractivity contribution in [2.24, 2.45) is 17.3 Å². The number of fused-ring (bicyclic) bond motifs is 1. The van der Waals surface area contributed by atoms with Gasteiger partial charge < -0.3 is 14.8 Å². The Balaban J connectivity index is 1.24. The van der Waals surface area contributed by atoms with E-state index in [0.717, 1.165) is 61.8 Å². The number of ether oxygens (including phenoxy) is 2. The van der Waals surface area contributed by atoms with Crippen molar-refractivity contribution in [3.63, 3.8) is 0 Å². The van der Waals surface area contributed by atoms with Crippen molar-refractivity contribution in [2.45, 2.75) is 62.1 Å². The molecule has 1 amide bonds. The summed E-state index contributed by atoms with van der Waals surface area (Å²) in [4.78, 5) is 38.9. The zero-order valence-electron chi connectivity index (χ0n) is 17.1. The summed E-state index contributed by atoms with van der Waals surface area (Å²) in [5.74, 6) is 0.0632. The first-order chi connectivity index (χ1) is 14.3. The number of amides is 1. The van der Waals surface area contributed by atoms with Crippen molar-refractivity contribution in [1.82, 2.24) is 0 Å². The van der Waals surface area contributed by atoms with Crippen LogP contribution in [0.15, 0.2) is 0 Å². The van der Waals surface area contributed by atoms with Crippen LogP contribution in [0.5, 0.6) is 0 Å². The molecule has 0 aromatic carbocycles. The SMILES string of the molecule is COC(=O)c1c(NC(=O)COC(=O)C23CC4CC(CC(Br)(C4)C2)C3)sc2c1CCC2. The molecule has 4 fully saturated rings. The highest BCUT2D eigenvalue weighted by Crippen LogP contribution is 2.64. The fourth-order valence-electron chi connectivity index (χ4n) is 6.65. The number of esters is 2. The second kappa shape index (κ2) is 7.33. The summed E-state index contributed by atoms with van der Waals surface area (Å²) in [5, 5.41) is 3.29. The van der Waals surface area contributed by atoms with Crippen LogP contribution in [-0.2, 0) is 31.9 Å². The number of halogens is 1. The summed E-state index contributed by atoms with van der Waals surface area (Å²) in [6.45, 7) is -0.325. The van der Waals surface area contributed by atoms with E-state index in [9.17, 15) is 14.4 Å². The minimum Gasteiger partial charge on any atom is -0.465 e. The van der Waals surface area contributed by atoms with Gasteiger partial charge in [-0.3, -0.25) is 9.59 Å². The van der Waals surface area contributed by atoms with Crippen molar-refractivity contribution in [1.29, 1.82) is 0 Å². The van der Waals surface area contributed by atoms with Crippen LogP contribution >= 0.6 is 27.3 Å². The number of rotatable bonds is 5. The number of thiophene rings is 1. The van der Waals surface area contributed by atoms with Gasteiger partial charge in [-0.2, -0.15) is 0 Å². The molecule has 4 saturated carbocycles. The molecule has 0 saturated heterocycles. The van der Waals surface area contributed by atoms with Gasteiger partial charge in [0.2, 0.25) is 0 Å². The molecule has 5 aliphatic carbocycles. The zero-order chi connectivity index (χ0) is 21.1. The summed E-state index contributed by atoms with van der Waals surface area (Å²) in [6, 6.07) is 0. The number of carbonyl (C=O) groups is 3. The minimum absolute atomic E-state index is 0.0608. The molecular weight excluding hydrogens is 470 g/mol. The maximum absolute atomic E-state index is 13.0. The standard InChI is InChI=1S/C22H26BrNO5S/c1-28-19(26)17-14-3-2-4-15(14)30-18(17)24-16(25)10-29-20(27)21-6-12-5-13(7-21)9-22(23,8-12)11-21/h12-13H,2-11H2,1H3,(H,24,25). The quantitative estimate of drug-likeness (QED) is 0.487. The second-order valence-electron chi connectivity index (χ2n) is 9.57. The molecule has 0 aliphatic heterocycles. The minimum atomic E-state index is -0.449. The predicted molar refractivity (Wildman–Crippen MR) is 116 cm³/mol. The average Bonchev–Trinajstić information content (AvgIpc) is 3.24. The Labute approximate surface area is 188 Å². The van der Waals surface area contributed by atoms with Crippen LogP contribution in [-0.4, -0.2) is 35.9 Å². The molecule has 1 N–H and O–H groups in total. The Bertz CT molecular complexity index is 911. The number of alkyl halides is 1. The van der Waals surface area contributed by atoms with Gasteiger partial charge in [0.25, 0.3) is 5.91 Å². The molecule has 0 radical (unpaired) electrons. The van der Waals surface area contributed by atoms with E-state index >= 15 is 0 Å². The third kappa shape index (κ3) is 3.40. The maximum Gasteiger partial charge on any atom is 0.341 e. The van der Waals surface area contributed by atoms with E-state index in [1.807, 2.05) is 0 Å². The number of nitrogens with one attached hydrogen (secondary N) is 1. The van der Waals surface area contributed by atoms with Crippen molar-refractivity contribution >= 4 is 50.1 Å². The van der Waals surface area contributed by atoms with Gasteiger partial charge in [-0.05, 0) is 75.2 Å². The van der Waals surface area contributed by atoms with Gasteiger partial charge in [0.1, 0.15) is 5.00 Å². The second-order valence-corrected chi connectivity index (χ2v) is 12.4. The van der Waals surface area contributed by atoms with Gasteiger partial charge in [0.15, 0.2) is 6.61 Å². The molecule has 2 atom stereocenters. The Kier molecular flexibility index (Phi) is 5.01. The highest BCUT2D eigenvalue weighted by molar-refractivity contribution is 9.10. The summed E-state index contributed by atoms with van der Waals surface area (Å²) >= 11 is 5.33. The molecule has 4 bridgehead atoms. The van der Waals surface area contributed by atoms with Crippen LogP contribution in [0.2, 0.25) is 0 Å². The number of carbonyl (C=O) groups excluding carboxylic acids is 3. The van der Waals surface area contributed by atoms with E-state index in [4.69, 9.17) is 9.47 Å². The summed E-state index contributed by atoms with van der Waals surface area (Å²) in [6.07, 6.45) is 8.78. The van der Waals surface area contributed by atoms with Gasteiger partial charge >= 0.3 is 11.9 Å². The van der Waals surface area contributed by atoms with Crippen molar-refractivity contribution in [3.8, 4) is 0 Å². The first kappa shape index (κ1) is 20.5. The lowest BCUT2D eigenvalue weighted by molar-refractivity contribution is -0.170. The number of methoxy groups -OCH3 is 1. The van der Waals surface area contributed by atoms with Crippen LogP contribution in [0.25, 0.3) is 0 Å². The van der Waals surface area contributed by atoms with Gasteiger partial charge in [0.05, 0.1) is 18.1 Å². The van der Waals surface area contributed by atoms with Crippen molar-refractivity contribution < 1.29 is 23.9 Å². The highest BCUT2D eigenvalue weighted by Gasteiger charge is 2.60. The summed E-state index contributed by atoms with van der Waals surface area (Å²) in [5.41, 5.74) is 0.988. The first-order valence-electron chi connectivity index (χ1n) is 10.7. The monoisotopic (exact) mass is 495 g/mol. The lowest BCUT2D eigenvalue weighted by Crippen LogP contribution is -2.56. The van der Waals surface area contributed by atoms with Crippen LogP contribution < -0.4 is 5.32 Å². The molecule has 0 spiro atoms. The van der Waals surface area contributed by atoms with E-state index in [1.54, 1.807) is 0 Å². The molecule has 6 nitrogen and oxygen atoms in total. The van der Waals surface area contributed by atoms with Crippen molar-refractivity contribution in [3.05, 3.63) is 16.0 Å². The van der Waals surface area contributed by atoms with Gasteiger partial charge in [-0.25, -0.2) is 4.79 Å².